The highest BCUT2D eigenvalue weighted by Crippen LogP contribution is 2.22. The molecule has 2 aromatic rings. The third kappa shape index (κ3) is 4.88. The molecule has 8 heteroatoms. The second kappa shape index (κ2) is 8.55. The Balaban J connectivity index is 1.70. The Morgan fingerprint density at radius 2 is 1.10 bits per heavy atom. The molecule has 0 unspecified atom stereocenters. The van der Waals surface area contributed by atoms with Crippen LogP contribution in [-0.2, 0) is 26.5 Å². The van der Waals surface area contributed by atoms with Gasteiger partial charge in [-0.3, -0.25) is 0 Å². The first-order valence-corrected chi connectivity index (χ1v) is 12.6. The lowest BCUT2D eigenvalue weighted by atomic mass is 10.0. The maximum absolute atomic E-state index is 12.9. The highest BCUT2D eigenvalue weighted by Gasteiger charge is 2.33. The molecule has 0 bridgehead atoms. The Morgan fingerprint density at radius 3 is 1.48 bits per heavy atom. The molecule has 0 atom stereocenters. The summed E-state index contributed by atoms with van der Waals surface area (Å²) in [6.45, 7) is 6.70. The number of piperazine rings is 1. The van der Waals surface area contributed by atoms with Crippen LogP contribution in [0.15, 0.2) is 58.3 Å². The van der Waals surface area contributed by atoms with E-state index in [2.05, 4.69) is 13.8 Å². The number of hydrogen-bond donors (Lipinski definition) is 0. The van der Waals surface area contributed by atoms with Crippen LogP contribution in [0.5, 0.6) is 0 Å². The summed E-state index contributed by atoms with van der Waals surface area (Å²) in [4.78, 5) is 0.486. The minimum absolute atomic E-state index is 0.140. The van der Waals surface area contributed by atoms with Crippen LogP contribution in [0, 0.1) is 12.8 Å². The van der Waals surface area contributed by atoms with E-state index in [1.165, 1.54) is 8.61 Å². The quantitative estimate of drug-likeness (QED) is 0.698. The summed E-state index contributed by atoms with van der Waals surface area (Å²) < 4.78 is 54.2. The molecule has 158 valence electrons. The smallest absolute Gasteiger partial charge is 0.207 e. The fourth-order valence-corrected chi connectivity index (χ4v) is 6.27. The van der Waals surface area contributed by atoms with E-state index in [0.717, 1.165) is 17.5 Å². The van der Waals surface area contributed by atoms with Crippen molar-refractivity contribution in [2.45, 2.75) is 37.0 Å². The summed E-state index contributed by atoms with van der Waals surface area (Å²) in [5.74, 6) is 0.501. The molecule has 0 N–H and O–H groups in total. The molecular weight excluding hydrogens is 408 g/mol. The molecular formula is C21H28N2O4S2. The predicted octanol–water partition coefficient (Wildman–Crippen LogP) is 2.89. The lowest BCUT2D eigenvalue weighted by molar-refractivity contribution is 0.273. The first-order valence-electron chi connectivity index (χ1n) is 9.76. The van der Waals surface area contributed by atoms with Crippen LogP contribution in [0.25, 0.3) is 0 Å². The average Bonchev–Trinajstić information content (AvgIpc) is 2.68. The van der Waals surface area contributed by atoms with Crippen molar-refractivity contribution in [1.82, 2.24) is 8.61 Å². The zero-order chi connectivity index (χ0) is 21.2. The Morgan fingerprint density at radius 1 is 0.724 bits per heavy atom. The van der Waals surface area contributed by atoms with Crippen LogP contribution in [-0.4, -0.2) is 51.6 Å². The number of nitrogens with zero attached hydrogens (tertiary/aromatic N) is 2. The molecule has 0 aliphatic carbocycles. The number of sulfonamides is 2. The molecule has 0 saturated carbocycles. The Hall–Kier alpha value is -1.74. The van der Waals surface area contributed by atoms with Gasteiger partial charge in [-0.2, -0.15) is 8.61 Å². The molecule has 1 fully saturated rings. The van der Waals surface area contributed by atoms with Crippen molar-refractivity contribution in [2.24, 2.45) is 5.92 Å². The molecule has 6 nitrogen and oxygen atoms in total. The van der Waals surface area contributed by atoms with Gasteiger partial charge in [0.25, 0.3) is 0 Å². The second-order valence-corrected chi connectivity index (χ2v) is 11.7. The summed E-state index contributed by atoms with van der Waals surface area (Å²) in [7, 11) is -7.25. The molecule has 0 radical (unpaired) electrons. The van der Waals surface area contributed by atoms with E-state index in [0.29, 0.717) is 5.92 Å². The Bertz CT molecular complexity index is 1040. The van der Waals surface area contributed by atoms with Crippen molar-refractivity contribution < 1.29 is 16.8 Å². The summed E-state index contributed by atoms with van der Waals surface area (Å²) >= 11 is 0. The number of rotatable bonds is 6. The molecule has 0 aromatic heterocycles. The van der Waals surface area contributed by atoms with Crippen molar-refractivity contribution in [2.75, 3.05) is 26.2 Å². The highest BCUT2D eigenvalue weighted by atomic mass is 32.2. The number of aryl methyl sites for hydroxylation is 1. The topological polar surface area (TPSA) is 74.8 Å². The maximum atomic E-state index is 12.9. The van der Waals surface area contributed by atoms with E-state index in [-0.39, 0.29) is 36.0 Å². The Labute approximate surface area is 174 Å². The van der Waals surface area contributed by atoms with E-state index < -0.39 is 20.0 Å². The minimum atomic E-state index is -3.63. The zero-order valence-corrected chi connectivity index (χ0v) is 18.7. The highest BCUT2D eigenvalue weighted by molar-refractivity contribution is 7.89. The molecule has 1 aliphatic rings. The SMILES string of the molecule is Cc1ccc(S(=O)(=O)N2CCN(S(=O)(=O)c3ccc(CC(C)C)cc3)CC2)cc1. The fraction of sp³-hybridized carbons (Fsp3) is 0.429. The summed E-state index contributed by atoms with van der Waals surface area (Å²) in [5.41, 5.74) is 2.09. The van der Waals surface area contributed by atoms with E-state index >= 15 is 0 Å². The minimum Gasteiger partial charge on any atom is -0.207 e. The molecule has 1 aliphatic heterocycles. The molecule has 29 heavy (non-hydrogen) atoms. The van der Waals surface area contributed by atoms with Gasteiger partial charge in [0.05, 0.1) is 9.79 Å². The first kappa shape index (κ1) is 22.0. The fourth-order valence-electron chi connectivity index (χ4n) is 3.43. The van der Waals surface area contributed by atoms with Crippen molar-refractivity contribution in [3.8, 4) is 0 Å². The van der Waals surface area contributed by atoms with Gasteiger partial charge in [0.1, 0.15) is 0 Å². The van der Waals surface area contributed by atoms with E-state index in [1.807, 2.05) is 19.1 Å². The van der Waals surface area contributed by atoms with Gasteiger partial charge in [-0.25, -0.2) is 16.8 Å². The van der Waals surface area contributed by atoms with Crippen LogP contribution >= 0.6 is 0 Å². The van der Waals surface area contributed by atoms with Crippen molar-refractivity contribution in [3.05, 3.63) is 59.7 Å². The zero-order valence-electron chi connectivity index (χ0n) is 17.1. The number of benzene rings is 2. The third-order valence-electron chi connectivity index (χ3n) is 5.06. The van der Waals surface area contributed by atoms with Gasteiger partial charge in [-0.05, 0) is 49.1 Å². The van der Waals surface area contributed by atoms with E-state index in [1.54, 1.807) is 36.4 Å². The maximum Gasteiger partial charge on any atom is 0.243 e. The monoisotopic (exact) mass is 436 g/mol. The molecule has 1 saturated heterocycles. The van der Waals surface area contributed by atoms with Crippen LogP contribution in [0.3, 0.4) is 0 Å². The van der Waals surface area contributed by atoms with Gasteiger partial charge < -0.3 is 0 Å². The predicted molar refractivity (Wildman–Crippen MR) is 114 cm³/mol. The standard InChI is InChI=1S/C21H28N2O4S2/c1-17(2)16-19-6-10-21(11-7-19)29(26,27)23-14-12-22(13-15-23)28(24,25)20-8-4-18(3)5-9-20/h4-11,17H,12-16H2,1-3H3. The van der Waals surface area contributed by atoms with Gasteiger partial charge in [-0.15, -0.1) is 0 Å². The van der Waals surface area contributed by atoms with Crippen molar-refractivity contribution >= 4 is 20.0 Å². The van der Waals surface area contributed by atoms with Gasteiger partial charge in [0.15, 0.2) is 0 Å². The van der Waals surface area contributed by atoms with Crippen molar-refractivity contribution in [1.29, 1.82) is 0 Å². The summed E-state index contributed by atoms with van der Waals surface area (Å²) in [6, 6.07) is 13.7. The van der Waals surface area contributed by atoms with Crippen molar-refractivity contribution in [3.63, 3.8) is 0 Å². The molecule has 3 rings (SSSR count). The molecule has 0 amide bonds. The van der Waals surface area contributed by atoms with Crippen LogP contribution < -0.4 is 0 Å². The third-order valence-corrected chi connectivity index (χ3v) is 8.89. The number of hydrogen-bond acceptors (Lipinski definition) is 4. The van der Waals surface area contributed by atoms with Gasteiger partial charge >= 0.3 is 0 Å². The Kier molecular flexibility index (Phi) is 6.48. The van der Waals surface area contributed by atoms with Gasteiger partial charge in [-0.1, -0.05) is 43.7 Å². The van der Waals surface area contributed by atoms with Crippen LogP contribution in [0.1, 0.15) is 25.0 Å². The van der Waals surface area contributed by atoms with Gasteiger partial charge in [0, 0.05) is 26.2 Å². The first-order chi connectivity index (χ1) is 13.6. The van der Waals surface area contributed by atoms with E-state index in [4.69, 9.17) is 0 Å². The lowest BCUT2D eigenvalue weighted by Gasteiger charge is -2.33. The van der Waals surface area contributed by atoms with Gasteiger partial charge in [0.2, 0.25) is 20.0 Å². The average molecular weight is 437 g/mol. The molecule has 0 spiro atoms. The summed E-state index contributed by atoms with van der Waals surface area (Å²) in [5, 5.41) is 0. The van der Waals surface area contributed by atoms with Crippen LogP contribution in [0.4, 0.5) is 0 Å². The summed E-state index contributed by atoms with van der Waals surface area (Å²) in [6.07, 6.45) is 0.899. The normalized spacial score (nSPS) is 17.0. The van der Waals surface area contributed by atoms with Crippen LogP contribution in [0.2, 0.25) is 0 Å². The molecule has 1 heterocycles. The second-order valence-electron chi connectivity index (χ2n) is 7.86. The molecule has 2 aromatic carbocycles. The lowest BCUT2D eigenvalue weighted by Crippen LogP contribution is -2.50. The largest absolute Gasteiger partial charge is 0.243 e. The van der Waals surface area contributed by atoms with E-state index in [9.17, 15) is 16.8 Å².